The maximum absolute atomic E-state index is 12.7. The Morgan fingerprint density at radius 3 is 1.71 bits per heavy atom. The van der Waals surface area contributed by atoms with Gasteiger partial charge in [-0.1, -0.05) is 140 Å². The second kappa shape index (κ2) is 33.5. The van der Waals surface area contributed by atoms with Crippen LogP contribution in [0, 0.1) is 0 Å². The Kier molecular flexibility index (Phi) is 30.9. The molecule has 1 fully saturated rings. The summed E-state index contributed by atoms with van der Waals surface area (Å²) in [7, 11) is 0. The van der Waals surface area contributed by atoms with Gasteiger partial charge in [0.15, 0.2) is 12.4 Å². The summed E-state index contributed by atoms with van der Waals surface area (Å²) in [5.74, 6) is -0.826. The first-order valence-corrected chi connectivity index (χ1v) is 20.6. The highest BCUT2D eigenvalue weighted by Crippen LogP contribution is 2.22. The van der Waals surface area contributed by atoms with E-state index in [1.807, 2.05) is 0 Å². The summed E-state index contributed by atoms with van der Waals surface area (Å²) in [4.78, 5) is 25.2. The maximum atomic E-state index is 12.7. The quantitative estimate of drug-likeness (QED) is 0.0297. The smallest absolute Gasteiger partial charge is 0.306 e. The minimum atomic E-state index is -1.60. The predicted octanol–water partition coefficient (Wildman–Crippen LogP) is 7.94. The van der Waals surface area contributed by atoms with Crippen molar-refractivity contribution >= 4 is 11.9 Å². The molecule has 10 nitrogen and oxygen atoms in total. The zero-order valence-corrected chi connectivity index (χ0v) is 32.6. The first-order chi connectivity index (χ1) is 25.3. The van der Waals surface area contributed by atoms with E-state index in [4.69, 9.17) is 18.9 Å². The van der Waals surface area contributed by atoms with Gasteiger partial charge in [-0.25, -0.2) is 0 Å². The van der Waals surface area contributed by atoms with Crippen molar-refractivity contribution in [2.24, 2.45) is 0 Å². The van der Waals surface area contributed by atoms with Crippen LogP contribution in [0.4, 0.5) is 0 Å². The lowest BCUT2D eigenvalue weighted by Gasteiger charge is -2.39. The van der Waals surface area contributed by atoms with Crippen molar-refractivity contribution < 1.29 is 49.0 Å². The lowest BCUT2D eigenvalue weighted by Crippen LogP contribution is -2.59. The van der Waals surface area contributed by atoms with Gasteiger partial charge in [-0.15, -0.1) is 0 Å². The van der Waals surface area contributed by atoms with E-state index in [1.54, 1.807) is 0 Å². The normalized spacial score (nSPS) is 21.4. The van der Waals surface area contributed by atoms with Crippen LogP contribution in [0.15, 0.2) is 36.5 Å². The monoisotopic (exact) mass is 739 g/mol. The Balaban J connectivity index is 2.38. The fourth-order valence-electron chi connectivity index (χ4n) is 6.03. The van der Waals surface area contributed by atoms with Gasteiger partial charge in [0, 0.05) is 12.8 Å². The fraction of sp³-hybridized carbons (Fsp3) is 0.810. The molecular weight excluding hydrogens is 664 g/mol. The topological polar surface area (TPSA) is 152 Å². The van der Waals surface area contributed by atoms with Crippen LogP contribution in [0.25, 0.3) is 0 Å². The lowest BCUT2D eigenvalue weighted by atomic mass is 9.99. The number of rotatable bonds is 33. The minimum Gasteiger partial charge on any atom is -0.462 e. The number of hydrogen-bond donors (Lipinski definition) is 4. The van der Waals surface area contributed by atoms with Crippen molar-refractivity contribution in [3.05, 3.63) is 36.5 Å². The Morgan fingerprint density at radius 1 is 0.615 bits per heavy atom. The molecule has 0 aromatic carbocycles. The fourth-order valence-corrected chi connectivity index (χ4v) is 6.03. The molecule has 0 amide bonds. The van der Waals surface area contributed by atoms with E-state index in [9.17, 15) is 30.0 Å². The number of carbonyl (C=O) groups excluding carboxylic acids is 2. The van der Waals surface area contributed by atoms with E-state index in [0.717, 1.165) is 70.6 Å². The minimum absolute atomic E-state index is 0.211. The van der Waals surface area contributed by atoms with Gasteiger partial charge in [0.05, 0.1) is 13.2 Å². The summed E-state index contributed by atoms with van der Waals surface area (Å²) in [6, 6.07) is 0. The van der Waals surface area contributed by atoms with Crippen molar-refractivity contribution in [3.8, 4) is 0 Å². The number of ether oxygens (including phenoxy) is 4. The first-order valence-electron chi connectivity index (χ1n) is 20.6. The standard InChI is InChI=1S/C42H74O10/c1-3-5-7-9-11-13-15-17-18-19-21-23-25-27-29-31-38(45)51-35(34-50-42-41(48)40(47)39(46)36(32-43)52-42)33-49-37(44)30-28-26-24-22-20-16-14-12-10-8-6-4-2/h5,7,11,13,17-18,35-36,39-43,46-48H,3-4,6,8-10,12,14-16,19-34H2,1-2H3/b7-5-,13-11-,18-17-. The molecule has 6 unspecified atom stereocenters. The second-order valence-corrected chi connectivity index (χ2v) is 14.1. The zero-order valence-electron chi connectivity index (χ0n) is 32.6. The molecule has 1 aliphatic heterocycles. The molecule has 0 bridgehead atoms. The van der Waals surface area contributed by atoms with E-state index in [-0.39, 0.29) is 32.0 Å². The molecule has 6 atom stereocenters. The van der Waals surface area contributed by atoms with Crippen LogP contribution in [-0.2, 0) is 28.5 Å². The average Bonchev–Trinajstić information content (AvgIpc) is 3.14. The molecule has 0 aromatic rings. The molecule has 52 heavy (non-hydrogen) atoms. The van der Waals surface area contributed by atoms with Gasteiger partial charge in [0.25, 0.3) is 0 Å². The Hall–Kier alpha value is -2.08. The molecule has 1 saturated heterocycles. The van der Waals surface area contributed by atoms with Crippen LogP contribution in [0.1, 0.15) is 162 Å². The number of unbranched alkanes of at least 4 members (excludes halogenated alkanes) is 16. The van der Waals surface area contributed by atoms with Crippen molar-refractivity contribution in [1.29, 1.82) is 0 Å². The molecule has 10 heteroatoms. The second-order valence-electron chi connectivity index (χ2n) is 14.1. The van der Waals surface area contributed by atoms with Crippen molar-refractivity contribution in [3.63, 3.8) is 0 Å². The van der Waals surface area contributed by atoms with Gasteiger partial charge in [0.2, 0.25) is 0 Å². The molecule has 1 aliphatic rings. The summed E-state index contributed by atoms with van der Waals surface area (Å²) in [5, 5.41) is 40.0. The Morgan fingerprint density at radius 2 is 1.13 bits per heavy atom. The van der Waals surface area contributed by atoms with E-state index in [0.29, 0.717) is 6.42 Å². The molecule has 4 N–H and O–H groups in total. The summed E-state index contributed by atoms with van der Waals surface area (Å²) in [6.45, 7) is 3.28. The highest BCUT2D eigenvalue weighted by molar-refractivity contribution is 5.70. The van der Waals surface area contributed by atoms with Gasteiger partial charge < -0.3 is 39.4 Å². The Bertz CT molecular complexity index is 949. The number of carbonyl (C=O) groups is 2. The third-order valence-electron chi connectivity index (χ3n) is 9.29. The van der Waals surface area contributed by atoms with E-state index in [1.165, 1.54) is 57.8 Å². The third kappa shape index (κ3) is 25.0. The zero-order chi connectivity index (χ0) is 38.1. The number of aliphatic hydroxyl groups is 4. The van der Waals surface area contributed by atoms with Gasteiger partial charge in [-0.2, -0.15) is 0 Å². The number of aliphatic hydroxyl groups excluding tert-OH is 4. The molecule has 0 aromatic heterocycles. The molecule has 0 aliphatic carbocycles. The maximum Gasteiger partial charge on any atom is 0.306 e. The van der Waals surface area contributed by atoms with E-state index in [2.05, 4.69) is 50.3 Å². The van der Waals surface area contributed by atoms with Crippen molar-refractivity contribution in [1.82, 2.24) is 0 Å². The van der Waals surface area contributed by atoms with Gasteiger partial charge in [-0.05, 0) is 44.9 Å². The largest absolute Gasteiger partial charge is 0.462 e. The van der Waals surface area contributed by atoms with Gasteiger partial charge in [-0.3, -0.25) is 9.59 Å². The van der Waals surface area contributed by atoms with Crippen molar-refractivity contribution in [2.45, 2.75) is 198 Å². The first kappa shape index (κ1) is 47.9. The molecule has 302 valence electrons. The number of allylic oxidation sites excluding steroid dienone is 6. The molecule has 1 heterocycles. The molecule has 0 saturated carbocycles. The van der Waals surface area contributed by atoms with Crippen molar-refractivity contribution in [2.75, 3.05) is 19.8 Å². The third-order valence-corrected chi connectivity index (χ3v) is 9.29. The predicted molar refractivity (Wildman–Crippen MR) is 206 cm³/mol. The highest BCUT2D eigenvalue weighted by Gasteiger charge is 2.44. The van der Waals surface area contributed by atoms with Gasteiger partial charge in [0.1, 0.15) is 31.0 Å². The van der Waals surface area contributed by atoms with Crippen LogP contribution < -0.4 is 0 Å². The number of hydrogen-bond acceptors (Lipinski definition) is 10. The summed E-state index contributed by atoms with van der Waals surface area (Å²) < 4.78 is 22.1. The lowest BCUT2D eigenvalue weighted by molar-refractivity contribution is -0.305. The SMILES string of the molecule is CC/C=C\C/C=C\C/C=C\CCCCCCCC(=O)OC(COC(=O)CCCCCCCCCCCCCC)COC1OC(CO)C(O)C(O)C1O. The van der Waals surface area contributed by atoms with Gasteiger partial charge >= 0.3 is 11.9 Å². The summed E-state index contributed by atoms with van der Waals surface area (Å²) in [6.07, 6.45) is 28.6. The molecule has 1 rings (SSSR count). The molecule has 0 spiro atoms. The van der Waals surface area contributed by atoms with E-state index < -0.39 is 49.4 Å². The molecule has 0 radical (unpaired) electrons. The van der Waals surface area contributed by atoms with Crippen LogP contribution in [0.2, 0.25) is 0 Å². The molecular formula is C42H74O10. The highest BCUT2D eigenvalue weighted by atomic mass is 16.7. The van der Waals surface area contributed by atoms with E-state index >= 15 is 0 Å². The Labute approximate surface area is 315 Å². The number of esters is 2. The summed E-state index contributed by atoms with van der Waals surface area (Å²) >= 11 is 0. The van der Waals surface area contributed by atoms with Crippen LogP contribution >= 0.6 is 0 Å². The van der Waals surface area contributed by atoms with Crippen LogP contribution in [0.3, 0.4) is 0 Å². The van der Waals surface area contributed by atoms with Crippen LogP contribution in [-0.4, -0.2) is 89.0 Å². The van der Waals surface area contributed by atoms with Crippen LogP contribution in [0.5, 0.6) is 0 Å². The summed E-state index contributed by atoms with van der Waals surface area (Å²) in [5.41, 5.74) is 0. The average molecular weight is 739 g/mol.